The number of sulfone groups is 1. The van der Waals surface area contributed by atoms with Crippen LogP contribution in [0.1, 0.15) is 23.4 Å². The van der Waals surface area contributed by atoms with Crippen LogP contribution in [0.15, 0.2) is 52.3 Å². The molecule has 0 radical (unpaired) electrons. The third-order valence-corrected chi connectivity index (χ3v) is 8.34. The van der Waals surface area contributed by atoms with Gasteiger partial charge in [0.2, 0.25) is 17.2 Å². The first-order chi connectivity index (χ1) is 14.3. The van der Waals surface area contributed by atoms with E-state index in [4.69, 9.17) is 10.8 Å². The van der Waals surface area contributed by atoms with Crippen LogP contribution in [0.5, 0.6) is 0 Å². The lowest BCUT2D eigenvalue weighted by molar-refractivity contribution is -0.387. The summed E-state index contributed by atoms with van der Waals surface area (Å²) in [4.78, 5) is 30.6. The zero-order valence-electron chi connectivity index (χ0n) is 16.3. The number of hydrogen-bond donors (Lipinski definition) is 4. The van der Waals surface area contributed by atoms with Crippen molar-refractivity contribution in [1.29, 1.82) is 0 Å². The van der Waals surface area contributed by atoms with E-state index in [1.807, 2.05) is 0 Å². The highest BCUT2D eigenvalue weighted by atomic mass is 32.2. The Hall–Kier alpha value is -2.63. The number of hydrogen-bond acceptors (Lipinski definition) is 8. The number of nitrogens with zero attached hydrogens (tertiary/aromatic N) is 1. The maximum atomic E-state index is 12.8. The van der Waals surface area contributed by atoms with E-state index in [-0.39, 0.29) is 10.5 Å². The number of benzene rings is 2. The largest absolute Gasteiger partial charge is 0.480 e. The van der Waals surface area contributed by atoms with Crippen molar-refractivity contribution < 1.29 is 37.8 Å². The molecule has 5 N–H and O–H groups in total. The van der Waals surface area contributed by atoms with Crippen molar-refractivity contribution in [2.45, 2.75) is 35.0 Å². The smallest absolute Gasteiger partial charge is 0.320 e. The van der Waals surface area contributed by atoms with Crippen LogP contribution in [0.2, 0.25) is 0 Å². The Morgan fingerprint density at radius 3 is 2.32 bits per heavy atom. The van der Waals surface area contributed by atoms with Crippen LogP contribution in [0, 0.1) is 17.0 Å². The standard InChI is InChI=1S/C18H21N2O9PS/c1-11-2-5-13(6-3-11)31(28,29)16-7-4-12(10-15(16)20(24)25)18(23)30(26,27)9-8-14(19)17(21)22/h2-7,10,14,18,23H,8-9,19H2,1H3,(H,21,22)(H,26,27)/t14-,18?/m0/s1. The summed E-state index contributed by atoms with van der Waals surface area (Å²) < 4.78 is 38.1. The number of aliphatic carboxylic acids is 1. The highest BCUT2D eigenvalue weighted by molar-refractivity contribution is 7.91. The first kappa shape index (κ1) is 24.6. The molecule has 0 bridgehead atoms. The molecule has 0 aromatic heterocycles. The van der Waals surface area contributed by atoms with E-state index in [0.717, 1.165) is 17.7 Å². The van der Waals surface area contributed by atoms with Gasteiger partial charge in [0.15, 0.2) is 5.85 Å². The average Bonchev–Trinajstić information content (AvgIpc) is 2.71. The van der Waals surface area contributed by atoms with Crippen LogP contribution in [0.3, 0.4) is 0 Å². The molecule has 2 aromatic rings. The lowest BCUT2D eigenvalue weighted by Crippen LogP contribution is -2.31. The Morgan fingerprint density at radius 1 is 1.23 bits per heavy atom. The van der Waals surface area contributed by atoms with Gasteiger partial charge in [0.25, 0.3) is 5.69 Å². The SMILES string of the molecule is Cc1ccc(S(=O)(=O)c2ccc(C(O)P(=O)(O)CC[C@H](N)C(=O)O)cc2[N+](=O)[O-])cc1. The minimum absolute atomic E-state index is 0.176. The van der Waals surface area contributed by atoms with Crippen molar-refractivity contribution in [2.75, 3.05) is 6.16 Å². The lowest BCUT2D eigenvalue weighted by atomic mass is 10.2. The minimum atomic E-state index is -4.43. The molecule has 0 aliphatic heterocycles. The molecule has 13 heteroatoms. The van der Waals surface area contributed by atoms with E-state index in [9.17, 15) is 37.9 Å². The fourth-order valence-electron chi connectivity index (χ4n) is 2.71. The van der Waals surface area contributed by atoms with Crippen molar-refractivity contribution in [3.05, 3.63) is 63.7 Å². The summed E-state index contributed by atoms with van der Waals surface area (Å²) in [5, 5.41) is 30.5. The van der Waals surface area contributed by atoms with E-state index in [1.165, 1.54) is 24.3 Å². The van der Waals surface area contributed by atoms with E-state index >= 15 is 0 Å². The van der Waals surface area contributed by atoms with Gasteiger partial charge < -0.3 is 20.8 Å². The van der Waals surface area contributed by atoms with E-state index in [1.54, 1.807) is 6.92 Å². The van der Waals surface area contributed by atoms with Crippen molar-refractivity contribution in [3.8, 4) is 0 Å². The summed E-state index contributed by atoms with van der Waals surface area (Å²) in [5.41, 5.74) is 4.84. The molecule has 3 atom stereocenters. The summed E-state index contributed by atoms with van der Waals surface area (Å²) in [6.07, 6.45) is -1.07. The molecule has 11 nitrogen and oxygen atoms in total. The molecule has 31 heavy (non-hydrogen) atoms. The third-order valence-electron chi connectivity index (χ3n) is 4.56. The fraction of sp³-hybridized carbons (Fsp3) is 0.278. The Kier molecular flexibility index (Phi) is 7.35. The molecule has 0 heterocycles. The number of nitro groups is 1. The van der Waals surface area contributed by atoms with Gasteiger partial charge in [-0.1, -0.05) is 23.8 Å². The van der Waals surface area contributed by atoms with Crippen LogP contribution in [0.4, 0.5) is 5.69 Å². The molecule has 0 aliphatic carbocycles. The lowest BCUT2D eigenvalue weighted by Gasteiger charge is -2.19. The number of nitrogens with two attached hydrogens (primary N) is 1. The number of aliphatic hydroxyl groups is 1. The summed E-state index contributed by atoms with van der Waals surface area (Å²) in [5.74, 6) is -3.49. The number of nitro benzene ring substituents is 1. The number of rotatable bonds is 9. The Bertz CT molecular complexity index is 1150. The summed E-state index contributed by atoms with van der Waals surface area (Å²) in [6, 6.07) is 6.82. The first-order valence-electron chi connectivity index (χ1n) is 8.85. The molecule has 2 unspecified atom stereocenters. The van der Waals surface area contributed by atoms with Gasteiger partial charge in [-0.15, -0.1) is 0 Å². The second kappa shape index (κ2) is 9.25. The topological polar surface area (TPSA) is 198 Å². The van der Waals surface area contributed by atoms with E-state index in [2.05, 4.69) is 0 Å². The maximum Gasteiger partial charge on any atom is 0.320 e. The molecule has 0 spiro atoms. The quantitative estimate of drug-likeness (QED) is 0.237. The molecule has 2 rings (SSSR count). The van der Waals surface area contributed by atoms with Crippen LogP contribution in [0.25, 0.3) is 0 Å². The van der Waals surface area contributed by atoms with Crippen molar-refractivity contribution in [1.82, 2.24) is 0 Å². The highest BCUT2D eigenvalue weighted by Crippen LogP contribution is 2.55. The summed E-state index contributed by atoms with van der Waals surface area (Å²) >= 11 is 0. The summed E-state index contributed by atoms with van der Waals surface area (Å²) in [7, 11) is -8.71. The Labute approximate surface area is 177 Å². The molecule has 0 aliphatic rings. The Morgan fingerprint density at radius 2 is 1.81 bits per heavy atom. The number of carbonyl (C=O) groups is 1. The number of aliphatic hydroxyl groups excluding tert-OH is 1. The zero-order valence-corrected chi connectivity index (χ0v) is 18.0. The van der Waals surface area contributed by atoms with Crippen LogP contribution >= 0.6 is 7.37 Å². The van der Waals surface area contributed by atoms with Crippen molar-refractivity contribution in [3.63, 3.8) is 0 Å². The highest BCUT2D eigenvalue weighted by Gasteiger charge is 2.35. The molecule has 0 saturated carbocycles. The van der Waals surface area contributed by atoms with Crippen LogP contribution in [-0.4, -0.2) is 46.6 Å². The summed E-state index contributed by atoms with van der Waals surface area (Å²) in [6.45, 7) is 1.74. The van der Waals surface area contributed by atoms with Gasteiger partial charge in [0.05, 0.1) is 9.82 Å². The van der Waals surface area contributed by atoms with Gasteiger partial charge >= 0.3 is 5.97 Å². The maximum absolute atomic E-state index is 12.8. The van der Waals surface area contributed by atoms with Gasteiger partial charge in [0, 0.05) is 12.2 Å². The molecule has 168 valence electrons. The predicted octanol–water partition coefficient (Wildman–Crippen LogP) is 1.80. The second-order valence-electron chi connectivity index (χ2n) is 6.89. The van der Waals surface area contributed by atoms with Gasteiger partial charge in [-0.25, -0.2) is 8.42 Å². The third kappa shape index (κ3) is 5.54. The van der Waals surface area contributed by atoms with Crippen LogP contribution < -0.4 is 5.73 Å². The van der Waals surface area contributed by atoms with Gasteiger partial charge in [-0.3, -0.25) is 19.5 Å². The normalized spacial score (nSPS) is 15.6. The van der Waals surface area contributed by atoms with E-state index in [0.29, 0.717) is 6.07 Å². The second-order valence-corrected chi connectivity index (χ2v) is 11.3. The molecule has 0 amide bonds. The van der Waals surface area contributed by atoms with Gasteiger partial charge in [-0.2, -0.15) is 0 Å². The molecular weight excluding hydrogens is 451 g/mol. The number of carboxylic acids is 1. The molecule has 0 fully saturated rings. The van der Waals surface area contributed by atoms with Gasteiger partial charge in [-0.05, 0) is 37.1 Å². The number of carboxylic acid groups (broad SMARTS) is 1. The molecule has 0 saturated heterocycles. The number of aryl methyl sites for hydroxylation is 1. The molecule has 2 aromatic carbocycles. The Balaban J connectivity index is 2.44. The average molecular weight is 472 g/mol. The van der Waals surface area contributed by atoms with E-state index < -0.39 is 63.2 Å². The monoisotopic (exact) mass is 472 g/mol. The zero-order chi connectivity index (χ0) is 23.6. The van der Waals surface area contributed by atoms with Crippen molar-refractivity contribution >= 4 is 28.9 Å². The first-order valence-corrected chi connectivity index (χ1v) is 12.2. The predicted molar refractivity (Wildman–Crippen MR) is 110 cm³/mol. The van der Waals surface area contributed by atoms with Crippen LogP contribution in [-0.2, 0) is 19.2 Å². The fourth-order valence-corrected chi connectivity index (χ4v) is 5.64. The van der Waals surface area contributed by atoms with Crippen molar-refractivity contribution in [2.24, 2.45) is 5.73 Å². The minimum Gasteiger partial charge on any atom is -0.480 e. The van der Waals surface area contributed by atoms with Gasteiger partial charge in [0.1, 0.15) is 10.9 Å². The molecular formula is C18H21N2O9PS.